The molecule has 0 rings (SSSR count). The Labute approximate surface area is 73.1 Å². The average molecular weight is 172 g/mol. The molecular weight excluding hydrogens is 156 g/mol. The SMILES string of the molecule is CC(C)SCCC(C)(N)C#N. The van der Waals surface area contributed by atoms with Gasteiger partial charge in [0.05, 0.1) is 6.07 Å². The monoisotopic (exact) mass is 172 g/mol. The van der Waals surface area contributed by atoms with Gasteiger partial charge >= 0.3 is 0 Å². The number of thioether (sulfide) groups is 1. The predicted molar refractivity (Wildman–Crippen MR) is 50.4 cm³/mol. The Bertz CT molecular complexity index is 147. The average Bonchev–Trinajstić information content (AvgIpc) is 1.87. The summed E-state index contributed by atoms with van der Waals surface area (Å²) in [5.74, 6) is 0.970. The molecule has 2 N–H and O–H groups in total. The third-order valence-corrected chi connectivity index (χ3v) is 2.43. The minimum atomic E-state index is -0.637. The Balaban J connectivity index is 3.48. The second kappa shape index (κ2) is 4.63. The number of rotatable bonds is 4. The van der Waals surface area contributed by atoms with E-state index in [1.165, 1.54) is 0 Å². The van der Waals surface area contributed by atoms with Crippen LogP contribution in [0.15, 0.2) is 0 Å². The molecule has 64 valence electrons. The van der Waals surface area contributed by atoms with Gasteiger partial charge in [0.25, 0.3) is 0 Å². The van der Waals surface area contributed by atoms with Crippen molar-refractivity contribution < 1.29 is 0 Å². The highest BCUT2D eigenvalue weighted by molar-refractivity contribution is 7.99. The number of hydrogen-bond acceptors (Lipinski definition) is 3. The quantitative estimate of drug-likeness (QED) is 0.703. The van der Waals surface area contributed by atoms with Gasteiger partial charge in [-0.1, -0.05) is 13.8 Å². The minimum absolute atomic E-state index is 0.629. The van der Waals surface area contributed by atoms with E-state index in [1.807, 2.05) is 11.8 Å². The number of nitrogens with two attached hydrogens (primary N) is 1. The van der Waals surface area contributed by atoms with E-state index < -0.39 is 5.54 Å². The maximum Gasteiger partial charge on any atom is 0.102 e. The summed E-state index contributed by atoms with van der Waals surface area (Å²) >= 11 is 1.84. The van der Waals surface area contributed by atoms with E-state index in [-0.39, 0.29) is 0 Å². The van der Waals surface area contributed by atoms with Crippen LogP contribution in [0.4, 0.5) is 0 Å². The summed E-state index contributed by atoms with van der Waals surface area (Å²) in [6, 6.07) is 2.08. The van der Waals surface area contributed by atoms with E-state index in [9.17, 15) is 0 Å². The van der Waals surface area contributed by atoms with Crippen LogP contribution in [0.3, 0.4) is 0 Å². The van der Waals surface area contributed by atoms with Crippen LogP contribution in [0.1, 0.15) is 27.2 Å². The lowest BCUT2D eigenvalue weighted by molar-refractivity contribution is 0.583. The maximum absolute atomic E-state index is 8.58. The van der Waals surface area contributed by atoms with Crippen LogP contribution in [0.5, 0.6) is 0 Å². The predicted octanol–water partition coefficient (Wildman–Crippen LogP) is 1.76. The summed E-state index contributed by atoms with van der Waals surface area (Å²) in [4.78, 5) is 0. The Hall–Kier alpha value is -0.200. The van der Waals surface area contributed by atoms with E-state index in [4.69, 9.17) is 11.0 Å². The van der Waals surface area contributed by atoms with Crippen LogP contribution in [0, 0.1) is 11.3 Å². The molecule has 0 aliphatic heterocycles. The number of hydrogen-bond donors (Lipinski definition) is 1. The Morgan fingerprint density at radius 1 is 1.64 bits per heavy atom. The van der Waals surface area contributed by atoms with Crippen molar-refractivity contribution in [3.05, 3.63) is 0 Å². The van der Waals surface area contributed by atoms with Crippen LogP contribution in [0.2, 0.25) is 0 Å². The second-order valence-electron chi connectivity index (χ2n) is 3.20. The van der Waals surface area contributed by atoms with Crippen LogP contribution in [-0.2, 0) is 0 Å². The van der Waals surface area contributed by atoms with Crippen LogP contribution < -0.4 is 5.73 Å². The van der Waals surface area contributed by atoms with Crippen molar-refractivity contribution in [3.8, 4) is 6.07 Å². The fraction of sp³-hybridized carbons (Fsp3) is 0.875. The van der Waals surface area contributed by atoms with Crippen LogP contribution in [0.25, 0.3) is 0 Å². The summed E-state index contributed by atoms with van der Waals surface area (Å²) in [6.07, 6.45) is 0.770. The highest BCUT2D eigenvalue weighted by atomic mass is 32.2. The van der Waals surface area contributed by atoms with Gasteiger partial charge in [-0.25, -0.2) is 0 Å². The van der Waals surface area contributed by atoms with Gasteiger partial charge < -0.3 is 5.73 Å². The van der Waals surface area contributed by atoms with Gasteiger partial charge in [0.1, 0.15) is 5.54 Å². The first-order chi connectivity index (χ1) is 4.98. The zero-order valence-corrected chi connectivity index (χ0v) is 8.24. The molecule has 0 fully saturated rings. The molecule has 0 heterocycles. The Morgan fingerprint density at radius 2 is 2.18 bits per heavy atom. The first-order valence-corrected chi connectivity index (χ1v) is 4.84. The van der Waals surface area contributed by atoms with Crippen molar-refractivity contribution >= 4 is 11.8 Å². The lowest BCUT2D eigenvalue weighted by Gasteiger charge is -2.14. The van der Waals surface area contributed by atoms with Gasteiger partial charge in [-0.3, -0.25) is 0 Å². The second-order valence-corrected chi connectivity index (χ2v) is 4.88. The molecular formula is C8H16N2S. The van der Waals surface area contributed by atoms with Crippen LogP contribution in [-0.4, -0.2) is 16.5 Å². The molecule has 11 heavy (non-hydrogen) atoms. The molecule has 0 aromatic rings. The van der Waals surface area contributed by atoms with E-state index in [0.717, 1.165) is 12.2 Å². The van der Waals surface area contributed by atoms with Crippen molar-refractivity contribution in [2.45, 2.75) is 38.0 Å². The van der Waals surface area contributed by atoms with E-state index >= 15 is 0 Å². The molecule has 1 atom stereocenters. The molecule has 0 saturated heterocycles. The van der Waals surface area contributed by atoms with Gasteiger partial charge in [-0.2, -0.15) is 17.0 Å². The fourth-order valence-corrected chi connectivity index (χ4v) is 1.58. The van der Waals surface area contributed by atoms with Crippen molar-refractivity contribution in [3.63, 3.8) is 0 Å². The lowest BCUT2D eigenvalue weighted by atomic mass is 10.0. The molecule has 0 spiro atoms. The molecule has 0 amide bonds. The number of nitriles is 1. The molecule has 0 radical (unpaired) electrons. The van der Waals surface area contributed by atoms with Gasteiger partial charge in [0.15, 0.2) is 0 Å². The van der Waals surface area contributed by atoms with Crippen LogP contribution >= 0.6 is 11.8 Å². The topological polar surface area (TPSA) is 49.8 Å². The highest BCUT2D eigenvalue weighted by Gasteiger charge is 2.16. The third-order valence-electron chi connectivity index (χ3n) is 1.33. The largest absolute Gasteiger partial charge is 0.314 e. The van der Waals surface area contributed by atoms with Gasteiger partial charge in [0.2, 0.25) is 0 Å². The first kappa shape index (κ1) is 10.8. The zero-order chi connectivity index (χ0) is 8.91. The summed E-state index contributed by atoms with van der Waals surface area (Å²) in [5, 5.41) is 9.20. The molecule has 0 aromatic heterocycles. The van der Waals surface area contributed by atoms with Crippen molar-refractivity contribution in [2.75, 3.05) is 5.75 Å². The fourth-order valence-electron chi connectivity index (χ4n) is 0.563. The Kier molecular flexibility index (Phi) is 4.55. The lowest BCUT2D eigenvalue weighted by Crippen LogP contribution is -2.34. The molecule has 0 saturated carbocycles. The van der Waals surface area contributed by atoms with Crippen molar-refractivity contribution in [1.29, 1.82) is 5.26 Å². The normalized spacial score (nSPS) is 16.0. The first-order valence-electron chi connectivity index (χ1n) is 3.79. The molecule has 0 aliphatic carbocycles. The van der Waals surface area contributed by atoms with E-state index in [0.29, 0.717) is 5.25 Å². The van der Waals surface area contributed by atoms with Gasteiger partial charge in [0, 0.05) is 0 Å². The maximum atomic E-state index is 8.58. The summed E-state index contributed by atoms with van der Waals surface area (Å²) in [6.45, 7) is 6.06. The smallest absolute Gasteiger partial charge is 0.102 e. The minimum Gasteiger partial charge on any atom is -0.314 e. The standard InChI is InChI=1S/C8H16N2S/c1-7(2)11-5-4-8(3,10)6-9/h7H,4-5,10H2,1-3H3. The van der Waals surface area contributed by atoms with Crippen molar-refractivity contribution in [2.24, 2.45) is 5.73 Å². The summed E-state index contributed by atoms with van der Waals surface area (Å²) in [7, 11) is 0. The summed E-state index contributed by atoms with van der Waals surface area (Å²) < 4.78 is 0. The van der Waals surface area contributed by atoms with E-state index in [2.05, 4.69) is 19.9 Å². The third kappa shape index (κ3) is 6.21. The number of nitrogens with zero attached hydrogens (tertiary/aromatic N) is 1. The zero-order valence-electron chi connectivity index (χ0n) is 7.42. The molecule has 0 aliphatic rings. The van der Waals surface area contributed by atoms with Gasteiger partial charge in [-0.05, 0) is 24.3 Å². The Morgan fingerprint density at radius 3 is 2.55 bits per heavy atom. The highest BCUT2D eigenvalue weighted by Crippen LogP contribution is 2.14. The van der Waals surface area contributed by atoms with E-state index in [1.54, 1.807) is 6.92 Å². The van der Waals surface area contributed by atoms with Gasteiger partial charge in [-0.15, -0.1) is 0 Å². The molecule has 2 nitrogen and oxygen atoms in total. The molecule has 0 aromatic carbocycles. The van der Waals surface area contributed by atoms with Crippen molar-refractivity contribution in [1.82, 2.24) is 0 Å². The molecule has 1 unspecified atom stereocenters. The summed E-state index contributed by atoms with van der Waals surface area (Å²) in [5.41, 5.74) is 4.99. The molecule has 0 bridgehead atoms. The molecule has 3 heteroatoms.